The van der Waals surface area contributed by atoms with Gasteiger partial charge in [0.2, 0.25) is 0 Å². The Balaban J connectivity index is 0. The van der Waals surface area contributed by atoms with Crippen molar-refractivity contribution >= 4 is 5.91 Å². The van der Waals surface area contributed by atoms with Gasteiger partial charge >= 0.3 is 0 Å². The van der Waals surface area contributed by atoms with Crippen molar-refractivity contribution in [2.45, 2.75) is 55.4 Å². The molecule has 0 unspecified atom stereocenters. The van der Waals surface area contributed by atoms with E-state index in [-0.39, 0.29) is 5.91 Å². The maximum Gasteiger partial charge on any atom is 0.251 e. The summed E-state index contributed by atoms with van der Waals surface area (Å²) < 4.78 is 0. The second kappa shape index (κ2) is 14.4. The summed E-state index contributed by atoms with van der Waals surface area (Å²) >= 11 is 0. The van der Waals surface area contributed by atoms with E-state index in [2.05, 4.69) is 15.3 Å². The van der Waals surface area contributed by atoms with Gasteiger partial charge in [0.15, 0.2) is 0 Å². The van der Waals surface area contributed by atoms with Crippen LogP contribution in [0.3, 0.4) is 0 Å². The highest BCUT2D eigenvalue weighted by atomic mass is 16.1. The van der Waals surface area contributed by atoms with Gasteiger partial charge in [0.25, 0.3) is 5.91 Å². The summed E-state index contributed by atoms with van der Waals surface area (Å²) in [5.74, 6) is -0.0661. The molecule has 0 bridgehead atoms. The highest BCUT2D eigenvalue weighted by Crippen LogP contribution is 2.04. The smallest absolute Gasteiger partial charge is 0.251 e. The zero-order chi connectivity index (χ0) is 19.1. The molecular weight excluding hydrogens is 298 g/mol. The summed E-state index contributed by atoms with van der Waals surface area (Å²) in [5.41, 5.74) is 4.58. The summed E-state index contributed by atoms with van der Waals surface area (Å²) in [7, 11) is 1.62. The molecule has 4 nitrogen and oxygen atoms in total. The van der Waals surface area contributed by atoms with E-state index in [1.54, 1.807) is 19.2 Å². The second-order valence-corrected chi connectivity index (χ2v) is 4.64. The van der Waals surface area contributed by atoms with Gasteiger partial charge in [-0.05, 0) is 52.0 Å². The van der Waals surface area contributed by atoms with Gasteiger partial charge in [0.05, 0.1) is 0 Å². The maximum absolute atomic E-state index is 11.2. The Hall–Kier alpha value is -2.23. The summed E-state index contributed by atoms with van der Waals surface area (Å²) in [6.07, 6.45) is 0. The zero-order valence-corrected chi connectivity index (χ0v) is 16.7. The quantitative estimate of drug-likeness (QED) is 0.816. The molecule has 0 radical (unpaired) electrons. The van der Waals surface area contributed by atoms with Crippen molar-refractivity contribution in [3.8, 4) is 0 Å². The van der Waals surface area contributed by atoms with Crippen molar-refractivity contribution in [1.82, 2.24) is 15.3 Å². The lowest BCUT2D eigenvalue weighted by molar-refractivity contribution is 0.0963. The van der Waals surface area contributed by atoms with E-state index in [4.69, 9.17) is 0 Å². The highest BCUT2D eigenvalue weighted by Gasteiger charge is 2.03. The molecule has 0 spiro atoms. The molecule has 0 aliphatic carbocycles. The molecule has 0 saturated heterocycles. The molecule has 24 heavy (non-hydrogen) atoms. The summed E-state index contributed by atoms with van der Waals surface area (Å²) in [6, 6.07) is 9.54. The molecule has 0 fully saturated rings. The predicted octanol–water partition coefficient (Wildman–Crippen LogP) is 4.81. The largest absolute Gasteiger partial charge is 0.355 e. The minimum Gasteiger partial charge on any atom is -0.355 e. The van der Waals surface area contributed by atoms with Gasteiger partial charge in [-0.2, -0.15) is 0 Å². The van der Waals surface area contributed by atoms with Crippen molar-refractivity contribution in [1.29, 1.82) is 0 Å². The Bertz CT molecular complexity index is 558. The average molecular weight is 332 g/mol. The Morgan fingerprint density at radius 2 is 1.17 bits per heavy atom. The Morgan fingerprint density at radius 1 is 0.792 bits per heavy atom. The van der Waals surface area contributed by atoms with Gasteiger partial charge in [-0.25, -0.2) is 0 Å². The first-order valence-electron chi connectivity index (χ1n) is 8.50. The summed E-state index contributed by atoms with van der Waals surface area (Å²) in [5, 5.41) is 2.57. The lowest BCUT2D eigenvalue weighted by Crippen LogP contribution is -2.18. The molecule has 134 valence electrons. The van der Waals surface area contributed by atoms with E-state index in [1.165, 1.54) is 0 Å². The zero-order valence-electron chi connectivity index (χ0n) is 16.7. The lowest BCUT2D eigenvalue weighted by Gasteiger charge is -2.01. The fraction of sp³-hybridized carbons (Fsp3) is 0.450. The van der Waals surface area contributed by atoms with Gasteiger partial charge < -0.3 is 5.32 Å². The number of carbonyl (C=O) groups excluding carboxylic acids is 1. The Kier molecular flexibility index (Phi) is 14.4. The van der Waals surface area contributed by atoms with Crippen molar-refractivity contribution in [2.24, 2.45) is 0 Å². The number of rotatable bonds is 1. The third kappa shape index (κ3) is 10.5. The van der Waals surface area contributed by atoms with Gasteiger partial charge in [-0.3, -0.25) is 14.8 Å². The molecular formula is C20H33N3O. The van der Waals surface area contributed by atoms with Crippen LogP contribution in [0.4, 0.5) is 0 Å². The highest BCUT2D eigenvalue weighted by molar-refractivity contribution is 5.94. The number of nitrogens with one attached hydrogen (secondary N) is 1. The van der Waals surface area contributed by atoms with Crippen molar-refractivity contribution in [3.05, 3.63) is 58.7 Å². The van der Waals surface area contributed by atoms with Crippen LogP contribution in [0.1, 0.15) is 60.8 Å². The number of hydrogen-bond donors (Lipinski definition) is 1. The Labute approximate surface area is 147 Å². The number of amides is 1. The van der Waals surface area contributed by atoms with Gasteiger partial charge in [0, 0.05) is 35.4 Å². The molecule has 0 aliphatic rings. The molecule has 0 aromatic carbocycles. The van der Waals surface area contributed by atoms with Crippen LogP contribution in [0.5, 0.6) is 0 Å². The predicted molar refractivity (Wildman–Crippen MR) is 104 cm³/mol. The molecule has 2 rings (SSSR count). The van der Waals surface area contributed by atoms with E-state index >= 15 is 0 Å². The average Bonchev–Trinajstić information content (AvgIpc) is 2.57. The number of nitrogens with zero attached hydrogens (tertiary/aromatic N) is 2. The summed E-state index contributed by atoms with van der Waals surface area (Å²) in [4.78, 5) is 19.5. The van der Waals surface area contributed by atoms with Crippen LogP contribution in [0.2, 0.25) is 0 Å². The van der Waals surface area contributed by atoms with Gasteiger partial charge in [0.1, 0.15) is 0 Å². The van der Waals surface area contributed by atoms with E-state index in [0.717, 1.165) is 22.8 Å². The summed E-state index contributed by atoms with van der Waals surface area (Å²) in [6.45, 7) is 15.7. The van der Waals surface area contributed by atoms with Crippen LogP contribution in [0, 0.1) is 27.7 Å². The standard InChI is InChI=1S/C9H12N2O.C7H9N.2C2H6/c1-6-4-8(9(12)10-3)5-7(2)11-6;1-6-4-3-5-7(2)8-6;2*1-2/h4-5H,1-3H3,(H,10,12);3-5H,1-2H3;2*1-2H3. The number of hydrogen-bond acceptors (Lipinski definition) is 3. The van der Waals surface area contributed by atoms with Crippen LogP contribution < -0.4 is 5.32 Å². The number of aromatic nitrogens is 2. The SMILES string of the molecule is CC.CC.CNC(=O)c1cc(C)nc(C)c1.Cc1cccc(C)n1. The molecule has 1 N–H and O–H groups in total. The molecule has 4 heteroatoms. The fourth-order valence-corrected chi connectivity index (χ4v) is 1.79. The van der Waals surface area contributed by atoms with Gasteiger partial charge in [-0.15, -0.1) is 0 Å². The van der Waals surface area contributed by atoms with Crippen LogP contribution in [0.25, 0.3) is 0 Å². The molecule has 0 atom stereocenters. The maximum atomic E-state index is 11.2. The van der Waals surface area contributed by atoms with Crippen LogP contribution in [-0.4, -0.2) is 22.9 Å². The number of aryl methyl sites for hydroxylation is 4. The third-order valence-electron chi connectivity index (χ3n) is 2.60. The van der Waals surface area contributed by atoms with Crippen LogP contribution in [-0.2, 0) is 0 Å². The minimum atomic E-state index is -0.0661. The van der Waals surface area contributed by atoms with Crippen molar-refractivity contribution in [3.63, 3.8) is 0 Å². The van der Waals surface area contributed by atoms with E-state index < -0.39 is 0 Å². The van der Waals surface area contributed by atoms with Crippen LogP contribution >= 0.6 is 0 Å². The first kappa shape index (κ1) is 24.0. The minimum absolute atomic E-state index is 0.0661. The molecule has 0 aliphatic heterocycles. The fourth-order valence-electron chi connectivity index (χ4n) is 1.79. The van der Waals surface area contributed by atoms with E-state index in [0.29, 0.717) is 5.56 Å². The van der Waals surface area contributed by atoms with Crippen molar-refractivity contribution in [2.75, 3.05) is 7.05 Å². The van der Waals surface area contributed by atoms with Gasteiger partial charge in [-0.1, -0.05) is 33.8 Å². The lowest BCUT2D eigenvalue weighted by atomic mass is 10.2. The van der Waals surface area contributed by atoms with Crippen LogP contribution in [0.15, 0.2) is 30.3 Å². The Morgan fingerprint density at radius 3 is 1.46 bits per heavy atom. The normalized spacial score (nSPS) is 8.38. The molecule has 2 aromatic heterocycles. The molecule has 1 amide bonds. The topological polar surface area (TPSA) is 54.9 Å². The second-order valence-electron chi connectivity index (χ2n) is 4.64. The molecule has 0 saturated carbocycles. The van der Waals surface area contributed by atoms with Crippen molar-refractivity contribution < 1.29 is 4.79 Å². The number of pyridine rings is 2. The third-order valence-corrected chi connectivity index (χ3v) is 2.60. The molecule has 2 aromatic rings. The monoisotopic (exact) mass is 331 g/mol. The van der Waals surface area contributed by atoms with E-state index in [9.17, 15) is 4.79 Å². The first-order chi connectivity index (χ1) is 11.4. The molecule has 2 heterocycles. The number of carbonyl (C=O) groups is 1. The first-order valence-corrected chi connectivity index (χ1v) is 8.50. The van der Waals surface area contributed by atoms with E-state index in [1.807, 2.05) is 73.6 Å².